The molecule has 6 heteroatoms. The van der Waals surface area contributed by atoms with Gasteiger partial charge in [-0.05, 0) is 31.3 Å². The highest BCUT2D eigenvalue weighted by molar-refractivity contribution is 5.92. The SMILES string of the molecule is CNCC(=O)Nc1ccc(OCCC(N)=O)cc1. The third-order valence-corrected chi connectivity index (χ3v) is 2.09. The molecular weight excluding hydrogens is 234 g/mol. The molecule has 4 N–H and O–H groups in total. The number of likely N-dealkylation sites (N-methyl/N-ethyl adjacent to an activating group) is 1. The zero-order valence-electron chi connectivity index (χ0n) is 10.2. The van der Waals surface area contributed by atoms with Crippen LogP contribution in [0.2, 0.25) is 0 Å². The lowest BCUT2D eigenvalue weighted by Gasteiger charge is -2.07. The minimum absolute atomic E-state index is 0.111. The van der Waals surface area contributed by atoms with E-state index in [2.05, 4.69) is 10.6 Å². The molecule has 0 spiro atoms. The topological polar surface area (TPSA) is 93.4 Å². The Bertz CT molecular complexity index is 404. The molecule has 0 saturated heterocycles. The van der Waals surface area contributed by atoms with Gasteiger partial charge < -0.3 is 21.1 Å². The largest absolute Gasteiger partial charge is 0.493 e. The molecule has 1 rings (SSSR count). The first-order valence-electron chi connectivity index (χ1n) is 5.57. The zero-order valence-corrected chi connectivity index (χ0v) is 10.2. The van der Waals surface area contributed by atoms with Crippen LogP contribution in [-0.4, -0.2) is 32.0 Å². The number of hydrogen-bond acceptors (Lipinski definition) is 4. The first-order valence-corrected chi connectivity index (χ1v) is 5.57. The third kappa shape index (κ3) is 5.31. The fraction of sp³-hybridized carbons (Fsp3) is 0.333. The van der Waals surface area contributed by atoms with E-state index in [9.17, 15) is 9.59 Å². The first-order chi connectivity index (χ1) is 8.61. The summed E-state index contributed by atoms with van der Waals surface area (Å²) in [5.74, 6) is 0.119. The third-order valence-electron chi connectivity index (χ3n) is 2.09. The van der Waals surface area contributed by atoms with E-state index in [1.54, 1.807) is 31.3 Å². The fourth-order valence-electron chi connectivity index (χ4n) is 1.27. The minimum atomic E-state index is -0.397. The second-order valence-corrected chi connectivity index (χ2v) is 3.67. The van der Waals surface area contributed by atoms with Crippen molar-refractivity contribution >= 4 is 17.5 Å². The highest BCUT2D eigenvalue weighted by atomic mass is 16.5. The normalized spacial score (nSPS) is 9.83. The van der Waals surface area contributed by atoms with Crippen LogP contribution in [0.4, 0.5) is 5.69 Å². The number of ether oxygens (including phenoxy) is 1. The summed E-state index contributed by atoms with van der Waals surface area (Å²) < 4.78 is 5.30. The van der Waals surface area contributed by atoms with Crippen molar-refractivity contribution in [3.63, 3.8) is 0 Å². The Labute approximate surface area is 105 Å². The summed E-state index contributed by atoms with van der Waals surface area (Å²) >= 11 is 0. The van der Waals surface area contributed by atoms with E-state index in [4.69, 9.17) is 10.5 Å². The number of benzene rings is 1. The molecule has 0 saturated carbocycles. The summed E-state index contributed by atoms with van der Waals surface area (Å²) in [5, 5.41) is 5.47. The van der Waals surface area contributed by atoms with Gasteiger partial charge in [-0.25, -0.2) is 0 Å². The smallest absolute Gasteiger partial charge is 0.238 e. The lowest BCUT2D eigenvalue weighted by molar-refractivity contribution is -0.118. The van der Waals surface area contributed by atoms with Gasteiger partial charge in [-0.3, -0.25) is 9.59 Å². The second-order valence-electron chi connectivity index (χ2n) is 3.67. The van der Waals surface area contributed by atoms with E-state index < -0.39 is 5.91 Å². The molecule has 0 unspecified atom stereocenters. The summed E-state index contributed by atoms with van der Waals surface area (Å²) in [6, 6.07) is 6.90. The molecule has 0 aliphatic rings. The number of amides is 2. The number of nitrogens with two attached hydrogens (primary N) is 1. The highest BCUT2D eigenvalue weighted by Gasteiger charge is 2.01. The summed E-state index contributed by atoms with van der Waals surface area (Å²) in [5.41, 5.74) is 5.68. The Morgan fingerprint density at radius 2 is 1.94 bits per heavy atom. The van der Waals surface area contributed by atoms with Crippen LogP contribution in [0.1, 0.15) is 6.42 Å². The number of anilines is 1. The average Bonchev–Trinajstić information content (AvgIpc) is 2.31. The first kappa shape index (κ1) is 14.0. The van der Waals surface area contributed by atoms with Gasteiger partial charge in [-0.1, -0.05) is 0 Å². The number of primary amides is 1. The predicted molar refractivity (Wildman–Crippen MR) is 68.3 cm³/mol. The summed E-state index contributed by atoms with van der Waals surface area (Å²) in [6.07, 6.45) is 0.181. The van der Waals surface area contributed by atoms with E-state index >= 15 is 0 Å². The highest BCUT2D eigenvalue weighted by Crippen LogP contribution is 2.15. The molecule has 1 aromatic rings. The maximum absolute atomic E-state index is 11.3. The van der Waals surface area contributed by atoms with Gasteiger partial charge in [-0.15, -0.1) is 0 Å². The maximum atomic E-state index is 11.3. The fourth-order valence-corrected chi connectivity index (χ4v) is 1.27. The van der Waals surface area contributed by atoms with Crippen LogP contribution < -0.4 is 21.1 Å². The summed E-state index contributed by atoms with van der Waals surface area (Å²) in [7, 11) is 1.70. The molecular formula is C12H17N3O3. The maximum Gasteiger partial charge on any atom is 0.238 e. The van der Waals surface area contributed by atoms with Gasteiger partial charge in [-0.2, -0.15) is 0 Å². The molecule has 2 amide bonds. The van der Waals surface area contributed by atoms with Gasteiger partial charge in [0, 0.05) is 5.69 Å². The Morgan fingerprint density at radius 1 is 1.28 bits per heavy atom. The van der Waals surface area contributed by atoms with Gasteiger partial charge in [0.1, 0.15) is 5.75 Å². The molecule has 1 aromatic carbocycles. The Balaban J connectivity index is 2.42. The molecule has 0 fully saturated rings. The van der Waals surface area contributed by atoms with Crippen LogP contribution >= 0.6 is 0 Å². The van der Waals surface area contributed by atoms with Crippen LogP contribution in [0, 0.1) is 0 Å². The lowest BCUT2D eigenvalue weighted by atomic mass is 10.3. The predicted octanol–water partition coefficient (Wildman–Crippen LogP) is 0.0987. The lowest BCUT2D eigenvalue weighted by Crippen LogP contribution is -2.24. The van der Waals surface area contributed by atoms with E-state index in [-0.39, 0.29) is 25.5 Å². The molecule has 0 aromatic heterocycles. The molecule has 0 aliphatic heterocycles. The Kier molecular flexibility index (Phi) is 5.66. The minimum Gasteiger partial charge on any atom is -0.493 e. The number of hydrogen-bond donors (Lipinski definition) is 3. The summed E-state index contributed by atoms with van der Waals surface area (Å²) in [6.45, 7) is 0.512. The van der Waals surface area contributed by atoms with Gasteiger partial charge in [0.25, 0.3) is 0 Å². The molecule has 0 bridgehead atoms. The van der Waals surface area contributed by atoms with E-state index in [1.807, 2.05) is 0 Å². The van der Waals surface area contributed by atoms with Crippen LogP contribution in [0.25, 0.3) is 0 Å². The van der Waals surface area contributed by atoms with Gasteiger partial charge >= 0.3 is 0 Å². The molecule has 18 heavy (non-hydrogen) atoms. The van der Waals surface area contributed by atoms with Crippen molar-refractivity contribution in [3.05, 3.63) is 24.3 Å². The number of rotatable bonds is 7. The van der Waals surface area contributed by atoms with Crippen molar-refractivity contribution in [2.24, 2.45) is 5.73 Å². The van der Waals surface area contributed by atoms with Crippen molar-refractivity contribution in [2.45, 2.75) is 6.42 Å². The quantitative estimate of drug-likeness (QED) is 0.640. The van der Waals surface area contributed by atoms with Crippen LogP contribution in [0.15, 0.2) is 24.3 Å². The van der Waals surface area contributed by atoms with Crippen molar-refractivity contribution in [3.8, 4) is 5.75 Å². The Hall–Kier alpha value is -2.08. The standard InChI is InChI=1S/C12H17N3O3/c1-14-8-12(17)15-9-2-4-10(5-3-9)18-7-6-11(13)16/h2-5,14H,6-8H2,1H3,(H2,13,16)(H,15,17). The van der Waals surface area contributed by atoms with Crippen molar-refractivity contribution < 1.29 is 14.3 Å². The van der Waals surface area contributed by atoms with E-state index in [1.165, 1.54) is 0 Å². The van der Waals surface area contributed by atoms with Crippen LogP contribution in [0.3, 0.4) is 0 Å². The molecule has 0 aliphatic carbocycles. The molecule has 98 valence electrons. The molecule has 0 atom stereocenters. The van der Waals surface area contributed by atoms with Crippen molar-refractivity contribution in [1.82, 2.24) is 5.32 Å². The molecule has 0 radical (unpaired) electrons. The number of carbonyl (C=O) groups excluding carboxylic acids is 2. The average molecular weight is 251 g/mol. The van der Waals surface area contributed by atoms with Crippen LogP contribution in [0.5, 0.6) is 5.75 Å². The van der Waals surface area contributed by atoms with Gasteiger partial charge in [0.2, 0.25) is 11.8 Å². The molecule has 6 nitrogen and oxygen atoms in total. The second kappa shape index (κ2) is 7.29. The van der Waals surface area contributed by atoms with Gasteiger partial charge in [0.05, 0.1) is 19.6 Å². The van der Waals surface area contributed by atoms with E-state index in [0.29, 0.717) is 11.4 Å². The van der Waals surface area contributed by atoms with Crippen molar-refractivity contribution in [2.75, 3.05) is 25.5 Å². The summed E-state index contributed by atoms with van der Waals surface area (Å²) in [4.78, 5) is 21.8. The van der Waals surface area contributed by atoms with Gasteiger partial charge in [0.15, 0.2) is 0 Å². The van der Waals surface area contributed by atoms with Crippen molar-refractivity contribution in [1.29, 1.82) is 0 Å². The zero-order chi connectivity index (χ0) is 13.4. The monoisotopic (exact) mass is 251 g/mol. The van der Waals surface area contributed by atoms with Crippen LogP contribution in [-0.2, 0) is 9.59 Å². The van der Waals surface area contributed by atoms with E-state index in [0.717, 1.165) is 0 Å². The molecule has 0 heterocycles. The number of carbonyl (C=O) groups is 2. The number of nitrogens with one attached hydrogen (secondary N) is 2. The Morgan fingerprint density at radius 3 is 2.50 bits per heavy atom.